The second kappa shape index (κ2) is 6.35. The maximum atomic E-state index is 10.8. The van der Waals surface area contributed by atoms with Gasteiger partial charge in [0.25, 0.3) is 0 Å². The van der Waals surface area contributed by atoms with E-state index < -0.39 is 11.9 Å². The number of hydrogen-bond donors (Lipinski definition) is 2. The van der Waals surface area contributed by atoms with E-state index in [1.807, 2.05) is 30.3 Å². The fraction of sp³-hybridized carbons (Fsp3) is 0.0667. The third kappa shape index (κ3) is 3.96. The molecule has 19 heavy (non-hydrogen) atoms. The molecule has 0 amide bonds. The number of aliphatic carboxylic acids is 1. The molecule has 2 aromatic rings. The van der Waals surface area contributed by atoms with Gasteiger partial charge >= 0.3 is 11.9 Å². The minimum Gasteiger partial charge on any atom is -0.478 e. The molecule has 4 heteroatoms. The van der Waals surface area contributed by atoms with Crippen LogP contribution in [0.15, 0.2) is 54.6 Å². The van der Waals surface area contributed by atoms with Gasteiger partial charge in [-0.15, -0.1) is 0 Å². The molecule has 0 heterocycles. The molecule has 0 aliphatic heterocycles. The molecule has 0 bridgehead atoms. The van der Waals surface area contributed by atoms with Crippen molar-refractivity contribution in [3.8, 4) is 0 Å². The second-order valence-corrected chi connectivity index (χ2v) is 3.92. The van der Waals surface area contributed by atoms with Gasteiger partial charge in [-0.1, -0.05) is 43.0 Å². The zero-order chi connectivity index (χ0) is 14.4. The van der Waals surface area contributed by atoms with Crippen molar-refractivity contribution in [3.63, 3.8) is 0 Å². The molecule has 0 aliphatic rings. The van der Waals surface area contributed by atoms with Gasteiger partial charge < -0.3 is 10.2 Å². The van der Waals surface area contributed by atoms with Gasteiger partial charge in [0, 0.05) is 5.57 Å². The number of carboxylic acids is 2. The molecular formula is C15H14O4. The zero-order valence-corrected chi connectivity index (χ0v) is 10.5. The standard InChI is InChI=1S/C11H8O2.C4H6O2/c12-11(13)10-7-3-5-8-4-1-2-6-9(8)10;1-3(2)4(5)6/h1-7H,(H,12,13);1H2,2H3,(H,5,6). The van der Waals surface area contributed by atoms with Crippen LogP contribution in [0.4, 0.5) is 0 Å². The molecule has 2 aromatic carbocycles. The van der Waals surface area contributed by atoms with Crippen molar-refractivity contribution in [1.82, 2.24) is 0 Å². The summed E-state index contributed by atoms with van der Waals surface area (Å²) in [4.78, 5) is 20.4. The summed E-state index contributed by atoms with van der Waals surface area (Å²) in [5.74, 6) is -1.81. The highest BCUT2D eigenvalue weighted by Gasteiger charge is 2.05. The molecule has 98 valence electrons. The highest BCUT2D eigenvalue weighted by atomic mass is 16.4. The van der Waals surface area contributed by atoms with Crippen molar-refractivity contribution < 1.29 is 19.8 Å². The Labute approximate surface area is 110 Å². The number of carboxylic acid groups (broad SMARTS) is 2. The Bertz CT molecular complexity index is 612. The van der Waals surface area contributed by atoms with Crippen LogP contribution >= 0.6 is 0 Å². The summed E-state index contributed by atoms with van der Waals surface area (Å²) in [5, 5.41) is 18.5. The first-order valence-electron chi connectivity index (χ1n) is 5.53. The van der Waals surface area contributed by atoms with Crippen molar-refractivity contribution in [2.45, 2.75) is 6.92 Å². The van der Waals surface area contributed by atoms with E-state index in [2.05, 4.69) is 6.58 Å². The molecule has 2 rings (SSSR count). The quantitative estimate of drug-likeness (QED) is 0.811. The van der Waals surface area contributed by atoms with Gasteiger partial charge in [-0.2, -0.15) is 0 Å². The number of carbonyl (C=O) groups is 2. The van der Waals surface area contributed by atoms with Crippen LogP contribution in [-0.2, 0) is 4.79 Å². The monoisotopic (exact) mass is 258 g/mol. The lowest BCUT2D eigenvalue weighted by Gasteiger charge is -2.00. The van der Waals surface area contributed by atoms with E-state index in [0.29, 0.717) is 5.56 Å². The van der Waals surface area contributed by atoms with Gasteiger partial charge in [-0.3, -0.25) is 0 Å². The maximum absolute atomic E-state index is 10.8. The van der Waals surface area contributed by atoms with Crippen LogP contribution in [0.5, 0.6) is 0 Å². The Kier molecular flexibility index (Phi) is 4.83. The molecule has 0 unspecified atom stereocenters. The van der Waals surface area contributed by atoms with E-state index in [1.54, 1.807) is 12.1 Å². The van der Waals surface area contributed by atoms with Gasteiger partial charge in [0.2, 0.25) is 0 Å². The third-order valence-electron chi connectivity index (χ3n) is 2.39. The van der Waals surface area contributed by atoms with E-state index in [9.17, 15) is 9.59 Å². The van der Waals surface area contributed by atoms with E-state index in [4.69, 9.17) is 10.2 Å². The van der Waals surface area contributed by atoms with Crippen LogP contribution in [0.2, 0.25) is 0 Å². The summed E-state index contributed by atoms with van der Waals surface area (Å²) in [7, 11) is 0. The molecule has 0 atom stereocenters. The van der Waals surface area contributed by atoms with Crippen molar-refractivity contribution in [2.75, 3.05) is 0 Å². The minimum absolute atomic E-state index is 0.176. The van der Waals surface area contributed by atoms with E-state index >= 15 is 0 Å². The Hall–Kier alpha value is -2.62. The zero-order valence-electron chi connectivity index (χ0n) is 10.5. The SMILES string of the molecule is C=C(C)C(=O)O.O=C(O)c1cccc2ccccc12. The van der Waals surface area contributed by atoms with E-state index in [-0.39, 0.29) is 5.57 Å². The summed E-state index contributed by atoms with van der Waals surface area (Å²) in [6.45, 7) is 4.60. The van der Waals surface area contributed by atoms with Gasteiger partial charge in [0.05, 0.1) is 5.56 Å². The molecule has 0 aliphatic carbocycles. The summed E-state index contributed by atoms with van der Waals surface area (Å²) < 4.78 is 0. The molecule has 0 fully saturated rings. The fourth-order valence-electron chi connectivity index (χ4n) is 1.41. The topological polar surface area (TPSA) is 74.6 Å². The first-order valence-corrected chi connectivity index (χ1v) is 5.53. The highest BCUT2D eigenvalue weighted by molar-refractivity contribution is 6.03. The average Bonchev–Trinajstić information content (AvgIpc) is 2.38. The summed E-state index contributed by atoms with van der Waals surface area (Å²) >= 11 is 0. The van der Waals surface area contributed by atoms with Gasteiger partial charge in [0.1, 0.15) is 0 Å². The number of fused-ring (bicyclic) bond motifs is 1. The van der Waals surface area contributed by atoms with Crippen LogP contribution in [0.1, 0.15) is 17.3 Å². The molecule has 4 nitrogen and oxygen atoms in total. The molecule has 2 N–H and O–H groups in total. The molecule has 0 saturated heterocycles. The van der Waals surface area contributed by atoms with Gasteiger partial charge in [-0.25, -0.2) is 9.59 Å². The van der Waals surface area contributed by atoms with Crippen LogP contribution in [-0.4, -0.2) is 22.2 Å². The summed E-state index contributed by atoms with van der Waals surface area (Å²) in [5.41, 5.74) is 0.535. The number of aromatic carboxylic acids is 1. The van der Waals surface area contributed by atoms with Crippen molar-refractivity contribution in [2.24, 2.45) is 0 Å². The minimum atomic E-state index is -0.935. The Morgan fingerprint density at radius 2 is 1.53 bits per heavy atom. The van der Waals surface area contributed by atoms with Gasteiger partial charge in [-0.05, 0) is 23.8 Å². The second-order valence-electron chi connectivity index (χ2n) is 3.92. The lowest BCUT2D eigenvalue weighted by atomic mass is 10.1. The first-order chi connectivity index (χ1) is 8.93. The fourth-order valence-corrected chi connectivity index (χ4v) is 1.41. The van der Waals surface area contributed by atoms with Crippen LogP contribution in [0.25, 0.3) is 10.8 Å². The van der Waals surface area contributed by atoms with Crippen LogP contribution in [0, 0.1) is 0 Å². The Balaban J connectivity index is 0.000000258. The van der Waals surface area contributed by atoms with Crippen molar-refractivity contribution >= 4 is 22.7 Å². The largest absolute Gasteiger partial charge is 0.478 e. The molecule has 0 spiro atoms. The molecular weight excluding hydrogens is 244 g/mol. The number of benzene rings is 2. The smallest absolute Gasteiger partial charge is 0.336 e. The summed E-state index contributed by atoms with van der Waals surface area (Å²) in [6, 6.07) is 12.7. The van der Waals surface area contributed by atoms with Crippen molar-refractivity contribution in [3.05, 3.63) is 60.2 Å². The Morgan fingerprint density at radius 1 is 1.00 bits per heavy atom. The average molecular weight is 258 g/mol. The number of rotatable bonds is 2. The predicted molar refractivity (Wildman–Crippen MR) is 73.4 cm³/mol. The molecule has 0 aromatic heterocycles. The third-order valence-corrected chi connectivity index (χ3v) is 2.39. The Morgan fingerprint density at radius 3 is 2.05 bits per heavy atom. The lowest BCUT2D eigenvalue weighted by Crippen LogP contribution is -1.96. The lowest BCUT2D eigenvalue weighted by molar-refractivity contribution is -0.132. The van der Waals surface area contributed by atoms with Gasteiger partial charge in [0.15, 0.2) is 0 Å². The maximum Gasteiger partial charge on any atom is 0.336 e. The van der Waals surface area contributed by atoms with E-state index in [1.165, 1.54) is 6.92 Å². The predicted octanol–water partition coefficient (Wildman–Crippen LogP) is 3.19. The molecule has 0 saturated carbocycles. The van der Waals surface area contributed by atoms with E-state index in [0.717, 1.165) is 10.8 Å². The normalized spacial score (nSPS) is 9.32. The molecule has 0 radical (unpaired) electrons. The van der Waals surface area contributed by atoms with Crippen molar-refractivity contribution in [1.29, 1.82) is 0 Å². The van der Waals surface area contributed by atoms with Crippen LogP contribution < -0.4 is 0 Å². The summed E-state index contributed by atoms with van der Waals surface area (Å²) in [6.07, 6.45) is 0. The highest BCUT2D eigenvalue weighted by Crippen LogP contribution is 2.17. The number of hydrogen-bond acceptors (Lipinski definition) is 2. The first kappa shape index (κ1) is 14.4. The van der Waals surface area contributed by atoms with Crippen LogP contribution in [0.3, 0.4) is 0 Å².